The van der Waals surface area contributed by atoms with Gasteiger partial charge in [0.05, 0.1) is 32.5 Å². The van der Waals surface area contributed by atoms with Gasteiger partial charge in [-0.05, 0) is 85.1 Å². The number of methoxy groups -OCH3 is 1. The van der Waals surface area contributed by atoms with Gasteiger partial charge in [0.15, 0.2) is 0 Å². The van der Waals surface area contributed by atoms with E-state index in [1.165, 1.54) is 0 Å². The predicted molar refractivity (Wildman–Crippen MR) is 214 cm³/mol. The zero-order chi connectivity index (χ0) is 38.8. The highest BCUT2D eigenvalue weighted by Gasteiger charge is 2.15. The van der Waals surface area contributed by atoms with Crippen molar-refractivity contribution in [3.8, 4) is 5.75 Å². The molecule has 13 nitrogen and oxygen atoms in total. The number of hydrogen-bond acceptors (Lipinski definition) is 11. The van der Waals surface area contributed by atoms with Crippen molar-refractivity contribution in [3.05, 3.63) is 131 Å². The van der Waals surface area contributed by atoms with Crippen LogP contribution in [0.15, 0.2) is 103 Å². The lowest BCUT2D eigenvalue weighted by Crippen LogP contribution is -2.27. The lowest BCUT2D eigenvalue weighted by Gasteiger charge is -2.17. The Morgan fingerprint density at radius 2 is 1.29 bits per heavy atom. The molecule has 5 aromatic rings. The largest absolute Gasteiger partial charge is 0.508 e. The number of benzene rings is 4. The molecule has 0 aliphatic heterocycles. The minimum atomic E-state index is -0.183. The van der Waals surface area contributed by atoms with E-state index in [4.69, 9.17) is 24.2 Å². The number of carbonyl (C=O) groups is 2. The van der Waals surface area contributed by atoms with Crippen LogP contribution in [0.25, 0.3) is 0 Å². The molecule has 0 bridgehead atoms. The molecule has 5 rings (SSSR count). The Kier molecular flexibility index (Phi) is 15.4. The van der Waals surface area contributed by atoms with Crippen LogP contribution in [-0.2, 0) is 27.2 Å². The average Bonchev–Trinajstić information content (AvgIpc) is 3.21. The molecule has 0 radical (unpaired) electrons. The molecule has 1 atom stereocenters. The average molecular weight is 748 g/mol. The summed E-state index contributed by atoms with van der Waals surface area (Å²) in [5, 5.41) is 25.6. The first-order valence-corrected chi connectivity index (χ1v) is 18.3. The summed E-state index contributed by atoms with van der Waals surface area (Å²) < 4.78 is 16.7. The number of ether oxygens (including phenoxy) is 3. The van der Waals surface area contributed by atoms with Gasteiger partial charge in [0.2, 0.25) is 5.95 Å². The van der Waals surface area contributed by atoms with Gasteiger partial charge in [-0.25, -0.2) is 0 Å². The van der Waals surface area contributed by atoms with Gasteiger partial charge in [-0.2, -0.15) is 9.97 Å². The number of carbonyl (C=O) groups excluding carboxylic acids is 2. The summed E-state index contributed by atoms with van der Waals surface area (Å²) in [5.41, 5.74) is 5.53. The molecule has 6 N–H and O–H groups in total. The second-order valence-corrected chi connectivity index (χ2v) is 12.5. The molecule has 0 spiro atoms. The number of nitrogens with zero attached hydrogens (tertiary/aromatic N) is 2. The van der Waals surface area contributed by atoms with Crippen LogP contribution in [0.5, 0.6) is 5.75 Å². The number of rotatable bonds is 21. The molecule has 0 saturated heterocycles. The summed E-state index contributed by atoms with van der Waals surface area (Å²) in [5.74, 6) is 1.43. The molecule has 1 heterocycles. The van der Waals surface area contributed by atoms with E-state index in [2.05, 4.69) is 26.6 Å². The van der Waals surface area contributed by atoms with Crippen LogP contribution in [0.4, 0.5) is 29.0 Å². The molecule has 55 heavy (non-hydrogen) atoms. The van der Waals surface area contributed by atoms with Crippen molar-refractivity contribution in [2.45, 2.75) is 32.9 Å². The van der Waals surface area contributed by atoms with E-state index < -0.39 is 0 Å². The molecular formula is C42H49N7O6. The first-order valence-electron chi connectivity index (χ1n) is 18.3. The second-order valence-electron chi connectivity index (χ2n) is 12.5. The zero-order valence-corrected chi connectivity index (χ0v) is 31.4. The Bertz CT molecular complexity index is 1940. The number of amides is 2. The van der Waals surface area contributed by atoms with Crippen molar-refractivity contribution < 1.29 is 28.9 Å². The fraction of sp³-hybridized carbons (Fsp3) is 0.286. The van der Waals surface area contributed by atoms with Crippen molar-refractivity contribution in [2.75, 3.05) is 62.6 Å². The minimum Gasteiger partial charge on any atom is -0.508 e. The minimum absolute atomic E-state index is 0.00696. The molecule has 0 fully saturated rings. The van der Waals surface area contributed by atoms with E-state index in [1.54, 1.807) is 67.8 Å². The fourth-order valence-corrected chi connectivity index (χ4v) is 5.46. The Morgan fingerprint density at radius 1 is 0.691 bits per heavy atom. The molecule has 288 valence electrons. The number of phenolic OH excluding ortho intramolecular Hbond substituents is 1. The molecule has 13 heteroatoms. The smallest absolute Gasteiger partial charge is 0.251 e. The number of hydrogen-bond donors (Lipinski definition) is 6. The van der Waals surface area contributed by atoms with Gasteiger partial charge >= 0.3 is 0 Å². The number of aromatic nitrogens is 2. The quantitative estimate of drug-likeness (QED) is 0.0347. The lowest BCUT2D eigenvalue weighted by molar-refractivity contribution is 0.0519. The van der Waals surface area contributed by atoms with Crippen LogP contribution < -0.4 is 26.6 Å². The van der Waals surface area contributed by atoms with Gasteiger partial charge in [-0.15, -0.1) is 0 Å². The number of anilines is 5. The van der Waals surface area contributed by atoms with E-state index in [0.29, 0.717) is 86.9 Å². The molecule has 0 aliphatic carbocycles. The number of aromatic hydroxyl groups is 1. The third-order valence-corrected chi connectivity index (χ3v) is 8.63. The molecule has 0 aliphatic rings. The van der Waals surface area contributed by atoms with E-state index in [0.717, 1.165) is 22.4 Å². The lowest BCUT2D eigenvalue weighted by atomic mass is 10.1. The van der Waals surface area contributed by atoms with Crippen LogP contribution in [0.1, 0.15) is 57.4 Å². The van der Waals surface area contributed by atoms with Crippen molar-refractivity contribution in [3.63, 3.8) is 0 Å². The third kappa shape index (κ3) is 12.5. The monoisotopic (exact) mass is 747 g/mol. The van der Waals surface area contributed by atoms with Crippen LogP contribution in [0.2, 0.25) is 0 Å². The van der Waals surface area contributed by atoms with Gasteiger partial charge in [0.25, 0.3) is 11.8 Å². The SMILES string of the molecule is CCc1c(NCCOCCOCCNC(=O)c2ccccc2)nc(Nc2ccc(C(=O)NCc3ccc(C(C)OC)cc3)cc2)nc1Nc1ccc(O)cc1. The second kappa shape index (κ2) is 21.0. The Morgan fingerprint density at radius 3 is 1.96 bits per heavy atom. The van der Waals surface area contributed by atoms with Crippen LogP contribution in [0.3, 0.4) is 0 Å². The van der Waals surface area contributed by atoms with Crippen LogP contribution in [-0.4, -0.2) is 73.5 Å². The van der Waals surface area contributed by atoms with Crippen molar-refractivity contribution in [2.24, 2.45) is 0 Å². The Labute approximate surface area is 321 Å². The number of phenols is 1. The van der Waals surface area contributed by atoms with E-state index in [-0.39, 0.29) is 23.7 Å². The topological polar surface area (TPSA) is 168 Å². The highest BCUT2D eigenvalue weighted by molar-refractivity contribution is 5.94. The van der Waals surface area contributed by atoms with Crippen LogP contribution >= 0.6 is 0 Å². The van der Waals surface area contributed by atoms with Crippen molar-refractivity contribution in [1.82, 2.24) is 20.6 Å². The first-order chi connectivity index (χ1) is 26.8. The summed E-state index contributed by atoms with van der Waals surface area (Å²) in [6.45, 7) is 6.89. The standard InChI is InChI=1S/C42H49N7O6/c1-4-37-38(43-22-24-54-26-27-55-25-23-44-40(51)32-8-6-5-7-9-32)48-42(49-39(37)46-34-18-20-36(50)21-19-34)47-35-16-14-33(15-17-35)41(52)45-28-30-10-12-31(13-11-30)29(2)53-3/h5-21,29,50H,4,22-28H2,1-3H3,(H,44,51)(H,45,52)(H3,43,46,47,48,49). The zero-order valence-electron chi connectivity index (χ0n) is 31.4. The molecule has 4 aromatic carbocycles. The molecular weight excluding hydrogens is 699 g/mol. The van der Waals surface area contributed by atoms with Gasteiger partial charge in [-0.3, -0.25) is 9.59 Å². The van der Waals surface area contributed by atoms with Gasteiger partial charge in [0, 0.05) is 54.8 Å². The Hall–Kier alpha value is -6.02. The van der Waals surface area contributed by atoms with E-state index in [1.807, 2.05) is 56.3 Å². The highest BCUT2D eigenvalue weighted by atomic mass is 16.5. The molecule has 0 saturated carbocycles. The maximum Gasteiger partial charge on any atom is 0.251 e. The maximum atomic E-state index is 12.9. The summed E-state index contributed by atoms with van der Waals surface area (Å²) in [6, 6.07) is 30.9. The summed E-state index contributed by atoms with van der Waals surface area (Å²) in [6.07, 6.45) is 0.645. The molecule has 1 aromatic heterocycles. The highest BCUT2D eigenvalue weighted by Crippen LogP contribution is 2.29. The van der Waals surface area contributed by atoms with Gasteiger partial charge in [-0.1, -0.05) is 49.4 Å². The summed E-state index contributed by atoms with van der Waals surface area (Å²) in [7, 11) is 1.68. The van der Waals surface area contributed by atoms with Crippen LogP contribution in [0, 0.1) is 0 Å². The van der Waals surface area contributed by atoms with Gasteiger partial charge in [0.1, 0.15) is 17.4 Å². The third-order valence-electron chi connectivity index (χ3n) is 8.63. The summed E-state index contributed by atoms with van der Waals surface area (Å²) >= 11 is 0. The van der Waals surface area contributed by atoms with Crippen molar-refractivity contribution >= 4 is 40.8 Å². The fourth-order valence-electron chi connectivity index (χ4n) is 5.46. The Balaban J connectivity index is 1.14. The first kappa shape index (κ1) is 40.2. The molecule has 1 unspecified atom stereocenters. The van der Waals surface area contributed by atoms with E-state index >= 15 is 0 Å². The summed E-state index contributed by atoms with van der Waals surface area (Å²) in [4.78, 5) is 34.6. The maximum absolute atomic E-state index is 12.9. The number of nitrogens with one attached hydrogen (secondary N) is 5. The predicted octanol–water partition coefficient (Wildman–Crippen LogP) is 6.74. The van der Waals surface area contributed by atoms with Crippen molar-refractivity contribution in [1.29, 1.82) is 0 Å². The van der Waals surface area contributed by atoms with E-state index in [9.17, 15) is 14.7 Å². The normalized spacial score (nSPS) is 11.4. The molecule has 2 amide bonds. The van der Waals surface area contributed by atoms with Gasteiger partial charge < -0.3 is 45.9 Å².